The molecule has 1 aliphatic rings. The second-order valence-electron chi connectivity index (χ2n) is 6.31. The SMILES string of the molecule is COCCCN1C(=O)C(C)(C(=O)N(C)C)Oc2ccc(C(=O)OC)cc21. The highest BCUT2D eigenvalue weighted by atomic mass is 16.5. The molecule has 1 atom stereocenters. The highest BCUT2D eigenvalue weighted by Crippen LogP contribution is 2.39. The van der Waals surface area contributed by atoms with Crippen molar-refractivity contribution in [3.05, 3.63) is 23.8 Å². The zero-order valence-corrected chi connectivity index (χ0v) is 15.7. The number of rotatable bonds is 6. The summed E-state index contributed by atoms with van der Waals surface area (Å²) >= 11 is 0. The smallest absolute Gasteiger partial charge is 0.337 e. The molecule has 0 aromatic heterocycles. The van der Waals surface area contributed by atoms with Crippen LogP contribution in [0.25, 0.3) is 0 Å². The fraction of sp³-hybridized carbons (Fsp3) is 0.500. The van der Waals surface area contributed by atoms with Gasteiger partial charge in [-0.25, -0.2) is 4.79 Å². The number of hydrogen-bond acceptors (Lipinski definition) is 6. The molecule has 2 rings (SSSR count). The molecule has 0 spiro atoms. The minimum absolute atomic E-state index is 0.293. The molecule has 1 aromatic carbocycles. The Labute approximate surface area is 152 Å². The van der Waals surface area contributed by atoms with Crippen molar-refractivity contribution in [1.82, 2.24) is 4.90 Å². The van der Waals surface area contributed by atoms with E-state index in [1.807, 2.05) is 0 Å². The summed E-state index contributed by atoms with van der Waals surface area (Å²) in [6.07, 6.45) is 0.566. The second kappa shape index (κ2) is 7.74. The summed E-state index contributed by atoms with van der Waals surface area (Å²) in [5.41, 5.74) is -0.948. The molecular weight excluding hydrogens is 340 g/mol. The first-order chi connectivity index (χ1) is 12.3. The molecule has 2 amide bonds. The van der Waals surface area contributed by atoms with Crippen LogP contribution in [0.15, 0.2) is 18.2 Å². The molecular formula is C18H24N2O6. The van der Waals surface area contributed by atoms with E-state index in [4.69, 9.17) is 14.2 Å². The van der Waals surface area contributed by atoms with E-state index >= 15 is 0 Å². The molecule has 0 bridgehead atoms. The summed E-state index contributed by atoms with van der Waals surface area (Å²) in [7, 11) is 5.99. The first kappa shape index (κ1) is 19.7. The van der Waals surface area contributed by atoms with Crippen molar-refractivity contribution in [3.63, 3.8) is 0 Å². The molecule has 0 saturated carbocycles. The number of carbonyl (C=O) groups excluding carboxylic acids is 3. The van der Waals surface area contributed by atoms with E-state index < -0.39 is 23.4 Å². The number of amides is 2. The number of hydrogen-bond donors (Lipinski definition) is 0. The molecule has 142 valence electrons. The molecule has 0 radical (unpaired) electrons. The molecule has 8 nitrogen and oxygen atoms in total. The summed E-state index contributed by atoms with van der Waals surface area (Å²) in [6.45, 7) is 2.23. The molecule has 1 heterocycles. The lowest BCUT2D eigenvalue weighted by molar-refractivity contribution is -0.154. The Kier molecular flexibility index (Phi) is 5.86. The van der Waals surface area contributed by atoms with Crippen molar-refractivity contribution in [1.29, 1.82) is 0 Å². The maximum Gasteiger partial charge on any atom is 0.337 e. The van der Waals surface area contributed by atoms with Gasteiger partial charge in [-0.3, -0.25) is 9.59 Å². The third kappa shape index (κ3) is 3.50. The van der Waals surface area contributed by atoms with Crippen molar-refractivity contribution in [2.45, 2.75) is 18.9 Å². The lowest BCUT2D eigenvalue weighted by Crippen LogP contribution is -2.62. The van der Waals surface area contributed by atoms with Crippen molar-refractivity contribution in [3.8, 4) is 5.75 Å². The topological polar surface area (TPSA) is 85.4 Å². The summed E-state index contributed by atoms with van der Waals surface area (Å²) in [4.78, 5) is 40.3. The van der Waals surface area contributed by atoms with Gasteiger partial charge in [0.25, 0.3) is 17.4 Å². The number of anilines is 1. The Morgan fingerprint density at radius 3 is 2.54 bits per heavy atom. The third-order valence-electron chi connectivity index (χ3n) is 4.18. The lowest BCUT2D eigenvalue weighted by Gasteiger charge is -2.40. The highest BCUT2D eigenvalue weighted by molar-refractivity contribution is 6.16. The van der Waals surface area contributed by atoms with E-state index in [2.05, 4.69) is 0 Å². The van der Waals surface area contributed by atoms with Gasteiger partial charge in [-0.1, -0.05) is 0 Å². The third-order valence-corrected chi connectivity index (χ3v) is 4.18. The van der Waals surface area contributed by atoms with Gasteiger partial charge < -0.3 is 24.0 Å². The van der Waals surface area contributed by atoms with Crippen LogP contribution < -0.4 is 9.64 Å². The molecule has 0 N–H and O–H groups in total. The number of methoxy groups -OCH3 is 2. The van der Waals surface area contributed by atoms with E-state index in [9.17, 15) is 14.4 Å². The van der Waals surface area contributed by atoms with Gasteiger partial charge in [0, 0.05) is 34.4 Å². The molecule has 8 heteroatoms. The van der Waals surface area contributed by atoms with Crippen LogP contribution in [-0.2, 0) is 19.1 Å². The predicted octanol–water partition coefficient (Wildman–Crippen LogP) is 1.08. The highest BCUT2D eigenvalue weighted by Gasteiger charge is 2.51. The van der Waals surface area contributed by atoms with Crippen molar-refractivity contribution in [2.75, 3.05) is 46.4 Å². The molecule has 0 aliphatic carbocycles. The Bertz CT molecular complexity index is 718. The zero-order valence-electron chi connectivity index (χ0n) is 15.7. The summed E-state index contributed by atoms with van der Waals surface area (Å²) in [5, 5.41) is 0. The Morgan fingerprint density at radius 2 is 1.96 bits per heavy atom. The quantitative estimate of drug-likeness (QED) is 0.427. The normalized spacial score (nSPS) is 18.8. The van der Waals surface area contributed by atoms with Crippen LogP contribution in [0.5, 0.6) is 5.75 Å². The molecule has 1 unspecified atom stereocenters. The molecule has 1 aliphatic heterocycles. The van der Waals surface area contributed by atoms with Crippen LogP contribution in [0.2, 0.25) is 0 Å². The van der Waals surface area contributed by atoms with E-state index in [1.165, 1.54) is 36.0 Å². The van der Waals surface area contributed by atoms with Crippen LogP contribution in [0.3, 0.4) is 0 Å². The minimum Gasteiger partial charge on any atom is -0.465 e. The van der Waals surface area contributed by atoms with E-state index in [0.717, 1.165) is 0 Å². The fourth-order valence-electron chi connectivity index (χ4n) is 2.84. The van der Waals surface area contributed by atoms with E-state index in [0.29, 0.717) is 36.6 Å². The number of fused-ring (bicyclic) bond motifs is 1. The standard InChI is InChI=1S/C18H24N2O6/c1-18(16(22)19(2)3)17(23)20(9-6-10-24-4)13-11-12(15(21)25-5)7-8-14(13)26-18/h7-8,11H,6,9-10H2,1-5H3. The van der Waals surface area contributed by atoms with Gasteiger partial charge in [0.05, 0.1) is 18.4 Å². The maximum atomic E-state index is 13.1. The molecule has 0 saturated heterocycles. The number of benzene rings is 1. The Hall–Kier alpha value is -2.61. The van der Waals surface area contributed by atoms with Crippen LogP contribution in [-0.4, -0.2) is 69.8 Å². The van der Waals surface area contributed by atoms with Gasteiger partial charge in [0.1, 0.15) is 5.75 Å². The predicted molar refractivity (Wildman–Crippen MR) is 94.4 cm³/mol. The van der Waals surface area contributed by atoms with Crippen LogP contribution >= 0.6 is 0 Å². The van der Waals surface area contributed by atoms with Gasteiger partial charge in [-0.05, 0) is 31.5 Å². The van der Waals surface area contributed by atoms with Gasteiger partial charge in [-0.15, -0.1) is 0 Å². The van der Waals surface area contributed by atoms with E-state index in [-0.39, 0.29) is 0 Å². The summed E-state index contributed by atoms with van der Waals surface area (Å²) in [6, 6.07) is 4.64. The van der Waals surface area contributed by atoms with Crippen LogP contribution in [0, 0.1) is 0 Å². The number of likely N-dealkylation sites (N-methyl/N-ethyl adjacent to an activating group) is 1. The first-order valence-electron chi connectivity index (χ1n) is 8.20. The van der Waals surface area contributed by atoms with Crippen molar-refractivity contribution < 1.29 is 28.6 Å². The van der Waals surface area contributed by atoms with Crippen molar-refractivity contribution in [2.24, 2.45) is 0 Å². The lowest BCUT2D eigenvalue weighted by atomic mass is 9.98. The van der Waals surface area contributed by atoms with Crippen molar-refractivity contribution >= 4 is 23.5 Å². The van der Waals surface area contributed by atoms with Gasteiger partial charge in [-0.2, -0.15) is 0 Å². The minimum atomic E-state index is -1.67. The summed E-state index contributed by atoms with van der Waals surface area (Å²) < 4.78 is 15.6. The van der Waals surface area contributed by atoms with Gasteiger partial charge in [0.15, 0.2) is 0 Å². The van der Waals surface area contributed by atoms with Gasteiger partial charge in [0.2, 0.25) is 0 Å². The summed E-state index contributed by atoms with van der Waals surface area (Å²) in [5.74, 6) is -1.11. The van der Waals surface area contributed by atoms with Crippen LogP contribution in [0.4, 0.5) is 5.69 Å². The van der Waals surface area contributed by atoms with Gasteiger partial charge >= 0.3 is 5.97 Å². The number of nitrogens with zero attached hydrogens (tertiary/aromatic N) is 2. The average molecular weight is 364 g/mol. The Morgan fingerprint density at radius 1 is 1.27 bits per heavy atom. The molecule has 1 aromatic rings. The second-order valence-corrected chi connectivity index (χ2v) is 6.31. The number of carbonyl (C=O) groups is 3. The monoisotopic (exact) mass is 364 g/mol. The van der Waals surface area contributed by atoms with Crippen LogP contribution in [0.1, 0.15) is 23.7 Å². The fourth-order valence-corrected chi connectivity index (χ4v) is 2.84. The van der Waals surface area contributed by atoms with E-state index in [1.54, 1.807) is 27.3 Å². The number of esters is 1. The Balaban J connectivity index is 2.50. The molecule has 0 fully saturated rings. The molecule has 26 heavy (non-hydrogen) atoms. The first-order valence-corrected chi connectivity index (χ1v) is 8.20. The largest absolute Gasteiger partial charge is 0.465 e. The maximum absolute atomic E-state index is 13.1. The number of ether oxygens (including phenoxy) is 3. The average Bonchev–Trinajstić information content (AvgIpc) is 2.63. The zero-order chi connectivity index (χ0) is 19.5.